The predicted octanol–water partition coefficient (Wildman–Crippen LogP) is 2.89. The molecule has 0 saturated heterocycles. The lowest BCUT2D eigenvalue weighted by atomic mass is 10.1. The number of aromatic nitrogens is 3. The van der Waals surface area contributed by atoms with E-state index in [1.54, 1.807) is 13.1 Å². The molecular formula is C16H17N3O2. The average molecular weight is 283 g/mol. The molecule has 3 rings (SSSR count). The van der Waals surface area contributed by atoms with Crippen LogP contribution < -0.4 is 0 Å². The van der Waals surface area contributed by atoms with Gasteiger partial charge >= 0.3 is 5.97 Å². The molecular weight excluding hydrogens is 266 g/mol. The largest absolute Gasteiger partial charge is 0.477 e. The van der Waals surface area contributed by atoms with Crippen molar-refractivity contribution in [2.24, 2.45) is 14.1 Å². The quantitative estimate of drug-likeness (QED) is 0.786. The summed E-state index contributed by atoms with van der Waals surface area (Å²) in [6.07, 6.45) is 0. The van der Waals surface area contributed by atoms with E-state index in [4.69, 9.17) is 0 Å². The van der Waals surface area contributed by atoms with Gasteiger partial charge in [-0.3, -0.25) is 4.68 Å². The second kappa shape index (κ2) is 4.48. The summed E-state index contributed by atoms with van der Waals surface area (Å²) in [6.45, 7) is 4.11. The number of aryl methyl sites for hydroxylation is 3. The van der Waals surface area contributed by atoms with Gasteiger partial charge in [-0.1, -0.05) is 18.2 Å². The predicted molar refractivity (Wildman–Crippen MR) is 81.6 cm³/mol. The Balaban J connectivity index is 2.36. The van der Waals surface area contributed by atoms with Crippen LogP contribution in [-0.2, 0) is 14.1 Å². The fourth-order valence-electron chi connectivity index (χ4n) is 2.95. The van der Waals surface area contributed by atoms with Crippen LogP contribution in [0.3, 0.4) is 0 Å². The van der Waals surface area contributed by atoms with Gasteiger partial charge < -0.3 is 9.67 Å². The molecule has 1 aromatic carbocycles. The molecule has 5 nitrogen and oxygen atoms in total. The number of hydrogen-bond donors (Lipinski definition) is 1. The summed E-state index contributed by atoms with van der Waals surface area (Å²) in [7, 11) is 3.67. The van der Waals surface area contributed by atoms with E-state index in [1.807, 2.05) is 20.0 Å². The Bertz CT molecular complexity index is 871. The number of benzene rings is 1. The lowest BCUT2D eigenvalue weighted by molar-refractivity contribution is 0.0685. The molecule has 5 heteroatoms. The lowest BCUT2D eigenvalue weighted by Crippen LogP contribution is -2.04. The van der Waals surface area contributed by atoms with E-state index < -0.39 is 5.97 Å². The first-order valence-corrected chi connectivity index (χ1v) is 6.74. The van der Waals surface area contributed by atoms with E-state index in [1.165, 1.54) is 10.2 Å². The molecule has 21 heavy (non-hydrogen) atoms. The minimum Gasteiger partial charge on any atom is -0.477 e. The van der Waals surface area contributed by atoms with Crippen molar-refractivity contribution in [3.8, 4) is 11.3 Å². The van der Waals surface area contributed by atoms with Crippen LogP contribution in [0, 0.1) is 13.8 Å². The molecule has 0 bridgehead atoms. The fraction of sp³-hybridized carbons (Fsp3) is 0.250. The van der Waals surface area contributed by atoms with Gasteiger partial charge in [0.15, 0.2) is 0 Å². The molecule has 2 aromatic heterocycles. The molecule has 0 amide bonds. The monoisotopic (exact) mass is 283 g/mol. The average Bonchev–Trinajstić information content (AvgIpc) is 2.90. The highest BCUT2D eigenvalue weighted by Gasteiger charge is 2.19. The molecule has 0 spiro atoms. The van der Waals surface area contributed by atoms with Gasteiger partial charge in [0.05, 0.1) is 11.2 Å². The Kier molecular flexibility index (Phi) is 2.86. The summed E-state index contributed by atoms with van der Waals surface area (Å²) in [5.41, 5.74) is 5.32. The number of carbonyl (C=O) groups is 1. The third-order valence-electron chi connectivity index (χ3n) is 4.06. The molecule has 3 aromatic rings. The maximum absolute atomic E-state index is 11.2. The third kappa shape index (κ3) is 1.85. The van der Waals surface area contributed by atoms with Crippen molar-refractivity contribution in [2.75, 3.05) is 0 Å². The van der Waals surface area contributed by atoms with Crippen LogP contribution in [-0.4, -0.2) is 25.4 Å². The van der Waals surface area contributed by atoms with Crippen LogP contribution in [0.15, 0.2) is 24.3 Å². The summed E-state index contributed by atoms with van der Waals surface area (Å²) in [5.74, 6) is -0.967. The van der Waals surface area contributed by atoms with Crippen molar-refractivity contribution in [3.05, 3.63) is 41.2 Å². The molecule has 1 N–H and O–H groups in total. The Hall–Kier alpha value is -2.56. The minimum absolute atomic E-state index is 0.189. The molecule has 108 valence electrons. The van der Waals surface area contributed by atoms with Crippen LogP contribution in [0.5, 0.6) is 0 Å². The number of fused-ring (bicyclic) bond motifs is 1. The molecule has 0 aliphatic heterocycles. The summed E-state index contributed by atoms with van der Waals surface area (Å²) >= 11 is 0. The Morgan fingerprint density at radius 2 is 1.95 bits per heavy atom. The first-order valence-electron chi connectivity index (χ1n) is 6.74. The topological polar surface area (TPSA) is 60.0 Å². The van der Waals surface area contributed by atoms with E-state index in [0.29, 0.717) is 5.69 Å². The van der Waals surface area contributed by atoms with Crippen LogP contribution in [0.25, 0.3) is 22.2 Å². The van der Waals surface area contributed by atoms with Gasteiger partial charge in [-0.25, -0.2) is 4.79 Å². The standard InChI is InChI=1S/C16H17N3O2/c1-9-6-5-7-11-14(10(2)18(3)15(9)11)12-8-13(16(20)21)19(4)17-12/h5-8H,1-4H3,(H,20,21). The van der Waals surface area contributed by atoms with Gasteiger partial charge in [0.25, 0.3) is 0 Å². The van der Waals surface area contributed by atoms with Crippen LogP contribution in [0.1, 0.15) is 21.7 Å². The van der Waals surface area contributed by atoms with Gasteiger partial charge in [-0.05, 0) is 25.5 Å². The molecule has 0 aliphatic rings. The number of nitrogens with zero attached hydrogens (tertiary/aromatic N) is 3. The zero-order chi connectivity index (χ0) is 15.3. The van der Waals surface area contributed by atoms with Gasteiger partial charge in [-0.15, -0.1) is 0 Å². The van der Waals surface area contributed by atoms with E-state index in [0.717, 1.165) is 22.2 Å². The van der Waals surface area contributed by atoms with Gasteiger partial charge in [0.2, 0.25) is 0 Å². The third-order valence-corrected chi connectivity index (χ3v) is 4.06. The smallest absolute Gasteiger partial charge is 0.354 e. The SMILES string of the molecule is Cc1cccc2c(-c3cc(C(=O)O)n(C)n3)c(C)n(C)c12. The number of hydrogen-bond acceptors (Lipinski definition) is 2. The van der Waals surface area contributed by atoms with E-state index in [2.05, 4.69) is 28.7 Å². The Labute approximate surface area is 122 Å². The van der Waals surface area contributed by atoms with Crippen molar-refractivity contribution < 1.29 is 9.90 Å². The molecule has 0 saturated carbocycles. The van der Waals surface area contributed by atoms with E-state index in [9.17, 15) is 9.90 Å². The summed E-state index contributed by atoms with van der Waals surface area (Å²) in [5, 5.41) is 14.7. The Morgan fingerprint density at radius 3 is 2.57 bits per heavy atom. The zero-order valence-corrected chi connectivity index (χ0v) is 12.5. The normalized spacial score (nSPS) is 11.2. The maximum atomic E-state index is 11.2. The van der Waals surface area contributed by atoms with Crippen molar-refractivity contribution in [1.29, 1.82) is 0 Å². The van der Waals surface area contributed by atoms with Crippen molar-refractivity contribution in [3.63, 3.8) is 0 Å². The Morgan fingerprint density at radius 1 is 1.24 bits per heavy atom. The van der Waals surface area contributed by atoms with E-state index in [-0.39, 0.29) is 5.69 Å². The van der Waals surface area contributed by atoms with Crippen LogP contribution >= 0.6 is 0 Å². The summed E-state index contributed by atoms with van der Waals surface area (Å²) < 4.78 is 3.54. The lowest BCUT2D eigenvalue weighted by Gasteiger charge is -2.01. The summed E-state index contributed by atoms with van der Waals surface area (Å²) in [6, 6.07) is 7.78. The molecule has 2 heterocycles. The fourth-order valence-corrected chi connectivity index (χ4v) is 2.95. The number of para-hydroxylation sites is 1. The molecule has 0 unspecified atom stereocenters. The molecule has 0 aliphatic carbocycles. The van der Waals surface area contributed by atoms with Crippen molar-refractivity contribution >= 4 is 16.9 Å². The highest BCUT2D eigenvalue weighted by molar-refractivity contribution is 5.99. The number of carboxylic acids is 1. The second-order valence-corrected chi connectivity index (χ2v) is 5.33. The zero-order valence-electron chi connectivity index (χ0n) is 12.5. The van der Waals surface area contributed by atoms with Gasteiger partial charge in [-0.2, -0.15) is 5.10 Å². The molecule has 0 atom stereocenters. The van der Waals surface area contributed by atoms with Gasteiger partial charge in [0, 0.05) is 30.7 Å². The maximum Gasteiger partial charge on any atom is 0.354 e. The first-order chi connectivity index (χ1) is 9.91. The van der Waals surface area contributed by atoms with Crippen molar-refractivity contribution in [1.82, 2.24) is 14.3 Å². The van der Waals surface area contributed by atoms with Crippen LogP contribution in [0.4, 0.5) is 0 Å². The highest BCUT2D eigenvalue weighted by atomic mass is 16.4. The van der Waals surface area contributed by atoms with Gasteiger partial charge in [0.1, 0.15) is 5.69 Å². The molecule has 0 fully saturated rings. The second-order valence-electron chi connectivity index (χ2n) is 5.33. The first kappa shape index (κ1) is 13.4. The summed E-state index contributed by atoms with van der Waals surface area (Å²) in [4.78, 5) is 11.2. The molecule has 0 radical (unpaired) electrons. The van der Waals surface area contributed by atoms with E-state index >= 15 is 0 Å². The number of rotatable bonds is 2. The minimum atomic E-state index is -0.967. The van der Waals surface area contributed by atoms with Crippen LogP contribution in [0.2, 0.25) is 0 Å². The number of aromatic carboxylic acids is 1. The van der Waals surface area contributed by atoms with Crippen molar-refractivity contribution in [2.45, 2.75) is 13.8 Å². The highest BCUT2D eigenvalue weighted by Crippen LogP contribution is 2.34. The number of carboxylic acid groups (broad SMARTS) is 1.